The monoisotopic (exact) mass is 478 g/mol. The van der Waals surface area contributed by atoms with Crippen LogP contribution in [-0.2, 0) is 6.54 Å². The van der Waals surface area contributed by atoms with Crippen molar-refractivity contribution >= 4 is 46.4 Å². The van der Waals surface area contributed by atoms with Gasteiger partial charge in [-0.25, -0.2) is 0 Å². The molecule has 3 rings (SSSR count). The molecule has 1 unspecified atom stereocenters. The maximum absolute atomic E-state index is 12.3. The Morgan fingerprint density at radius 1 is 1.00 bits per heavy atom. The van der Waals surface area contributed by atoms with Gasteiger partial charge in [-0.3, -0.25) is 9.59 Å². The summed E-state index contributed by atoms with van der Waals surface area (Å²) in [6.45, 7) is 0.319. The fourth-order valence-electron chi connectivity index (χ4n) is 2.60. The van der Waals surface area contributed by atoms with Crippen molar-refractivity contribution < 1.29 is 19.4 Å². The highest BCUT2D eigenvalue weighted by Crippen LogP contribution is 2.31. The molecule has 2 amide bonds. The number of halogens is 2. The van der Waals surface area contributed by atoms with Crippen LogP contribution in [0.2, 0.25) is 10.0 Å². The van der Waals surface area contributed by atoms with Crippen LogP contribution in [0.5, 0.6) is 5.75 Å². The van der Waals surface area contributed by atoms with E-state index in [1.807, 2.05) is 11.4 Å². The Bertz CT molecular complexity index is 1030. The summed E-state index contributed by atoms with van der Waals surface area (Å²) in [5.74, 6) is -0.0950. The predicted octanol–water partition coefficient (Wildman–Crippen LogP) is 4.15. The summed E-state index contributed by atoms with van der Waals surface area (Å²) in [5.41, 5.74) is 1.31. The minimum Gasteiger partial charge on any atom is -0.489 e. The van der Waals surface area contributed by atoms with Crippen LogP contribution < -0.4 is 15.4 Å². The van der Waals surface area contributed by atoms with E-state index < -0.39 is 6.10 Å². The third kappa shape index (κ3) is 6.70. The number of thiophene rings is 1. The number of hydrogen-bond donors (Lipinski definition) is 3. The molecule has 0 saturated carbocycles. The summed E-state index contributed by atoms with van der Waals surface area (Å²) in [6, 6.07) is 15.4. The van der Waals surface area contributed by atoms with E-state index in [-0.39, 0.29) is 30.0 Å². The van der Waals surface area contributed by atoms with Crippen LogP contribution in [-0.4, -0.2) is 36.2 Å². The highest BCUT2D eigenvalue weighted by Gasteiger charge is 2.12. The Labute approximate surface area is 193 Å². The highest BCUT2D eigenvalue weighted by molar-refractivity contribution is 7.12. The van der Waals surface area contributed by atoms with Gasteiger partial charge >= 0.3 is 0 Å². The summed E-state index contributed by atoms with van der Waals surface area (Å²) in [5, 5.41) is 18.0. The van der Waals surface area contributed by atoms with Crippen molar-refractivity contribution in [3.05, 3.63) is 86.0 Å². The van der Waals surface area contributed by atoms with Gasteiger partial charge in [0.05, 0.1) is 9.90 Å². The van der Waals surface area contributed by atoms with Gasteiger partial charge in [-0.05, 0) is 41.3 Å². The summed E-state index contributed by atoms with van der Waals surface area (Å²) in [6.07, 6.45) is -0.925. The van der Waals surface area contributed by atoms with Gasteiger partial charge in [0.15, 0.2) is 0 Å². The zero-order valence-electron chi connectivity index (χ0n) is 16.3. The van der Waals surface area contributed by atoms with E-state index >= 15 is 0 Å². The molecule has 162 valence electrons. The molecule has 2 aromatic carbocycles. The molecule has 6 nitrogen and oxygen atoms in total. The maximum atomic E-state index is 12.3. The lowest BCUT2D eigenvalue weighted by molar-refractivity contribution is 0.0843. The van der Waals surface area contributed by atoms with Gasteiger partial charge in [-0.2, -0.15) is 0 Å². The number of aliphatic hydroxyl groups excluding tert-OH is 1. The molecule has 0 saturated heterocycles. The van der Waals surface area contributed by atoms with Crippen molar-refractivity contribution in [3.8, 4) is 5.75 Å². The smallest absolute Gasteiger partial charge is 0.261 e. The van der Waals surface area contributed by atoms with E-state index in [2.05, 4.69) is 10.6 Å². The molecule has 3 aromatic rings. The molecular weight excluding hydrogens is 459 g/mol. The second-order valence-corrected chi connectivity index (χ2v) is 8.32. The fourth-order valence-corrected chi connectivity index (χ4v) is 3.59. The SMILES string of the molecule is O=C(NCC(O)COc1cccc(Cl)c1Cl)c1ccc(CNC(=O)c2cccs2)cc1. The minimum absolute atomic E-state index is 0.00956. The van der Waals surface area contributed by atoms with E-state index in [0.29, 0.717) is 27.8 Å². The Balaban J connectivity index is 1.42. The number of carbonyl (C=O) groups is 2. The van der Waals surface area contributed by atoms with E-state index in [1.54, 1.807) is 48.5 Å². The van der Waals surface area contributed by atoms with Crippen molar-refractivity contribution in [1.82, 2.24) is 10.6 Å². The molecule has 0 spiro atoms. The van der Waals surface area contributed by atoms with Crippen LogP contribution in [0.3, 0.4) is 0 Å². The number of rotatable bonds is 9. The molecule has 0 fully saturated rings. The first kappa shape index (κ1) is 23.1. The lowest BCUT2D eigenvalue weighted by atomic mass is 10.1. The minimum atomic E-state index is -0.925. The first-order valence-corrected chi connectivity index (χ1v) is 11.0. The molecular formula is C22H20Cl2N2O4S. The van der Waals surface area contributed by atoms with Gasteiger partial charge in [-0.15, -0.1) is 11.3 Å². The zero-order chi connectivity index (χ0) is 22.2. The normalized spacial score (nSPS) is 11.6. The number of benzene rings is 2. The van der Waals surface area contributed by atoms with E-state index in [9.17, 15) is 14.7 Å². The maximum Gasteiger partial charge on any atom is 0.261 e. The summed E-state index contributed by atoms with van der Waals surface area (Å²) >= 11 is 13.3. The zero-order valence-corrected chi connectivity index (χ0v) is 18.6. The van der Waals surface area contributed by atoms with Crippen LogP contribution in [0.25, 0.3) is 0 Å². The molecule has 1 aromatic heterocycles. The highest BCUT2D eigenvalue weighted by atomic mass is 35.5. The lowest BCUT2D eigenvalue weighted by Crippen LogP contribution is -2.35. The molecule has 1 heterocycles. The van der Waals surface area contributed by atoms with Gasteiger partial charge in [0.1, 0.15) is 23.5 Å². The number of carbonyl (C=O) groups excluding carboxylic acids is 2. The van der Waals surface area contributed by atoms with Gasteiger partial charge in [0.25, 0.3) is 11.8 Å². The molecule has 1 atom stereocenters. The average Bonchev–Trinajstić information content (AvgIpc) is 3.32. The van der Waals surface area contributed by atoms with Gasteiger partial charge in [-0.1, -0.05) is 47.5 Å². The predicted molar refractivity (Wildman–Crippen MR) is 122 cm³/mol. The molecule has 0 radical (unpaired) electrons. The first-order chi connectivity index (χ1) is 14.9. The van der Waals surface area contributed by atoms with Crippen molar-refractivity contribution in [1.29, 1.82) is 0 Å². The Kier molecular flexibility index (Phi) is 8.31. The first-order valence-electron chi connectivity index (χ1n) is 9.37. The van der Waals surface area contributed by atoms with E-state index in [4.69, 9.17) is 27.9 Å². The van der Waals surface area contributed by atoms with Crippen molar-refractivity contribution in [2.24, 2.45) is 0 Å². The number of aliphatic hydroxyl groups is 1. The third-order valence-corrected chi connectivity index (χ3v) is 5.93. The topological polar surface area (TPSA) is 87.7 Å². The molecule has 31 heavy (non-hydrogen) atoms. The number of ether oxygens (including phenoxy) is 1. The Morgan fingerprint density at radius 2 is 1.77 bits per heavy atom. The second kappa shape index (κ2) is 11.2. The van der Waals surface area contributed by atoms with Gasteiger partial charge in [0, 0.05) is 18.7 Å². The van der Waals surface area contributed by atoms with E-state index in [1.165, 1.54) is 11.3 Å². The fraction of sp³-hybridized carbons (Fsp3) is 0.182. The summed E-state index contributed by atoms with van der Waals surface area (Å²) in [7, 11) is 0. The molecule has 0 aliphatic heterocycles. The molecule has 0 aliphatic carbocycles. The van der Waals surface area contributed by atoms with Crippen LogP contribution in [0.4, 0.5) is 0 Å². The van der Waals surface area contributed by atoms with E-state index in [0.717, 1.165) is 5.56 Å². The molecule has 0 bridgehead atoms. The van der Waals surface area contributed by atoms with Crippen LogP contribution >= 0.6 is 34.5 Å². The summed E-state index contributed by atoms with van der Waals surface area (Å²) < 4.78 is 5.45. The number of amides is 2. The number of nitrogens with one attached hydrogen (secondary N) is 2. The van der Waals surface area contributed by atoms with Crippen molar-refractivity contribution in [2.45, 2.75) is 12.6 Å². The standard InChI is InChI=1S/C22H20Cl2N2O4S/c23-17-3-1-4-18(20(17)24)30-13-16(27)12-26-21(28)15-8-6-14(7-9-15)11-25-22(29)19-5-2-10-31-19/h1-10,16,27H,11-13H2,(H,25,29)(H,26,28). The van der Waals surface area contributed by atoms with Crippen molar-refractivity contribution in [2.75, 3.05) is 13.2 Å². The van der Waals surface area contributed by atoms with Crippen LogP contribution in [0.15, 0.2) is 60.0 Å². The average molecular weight is 479 g/mol. The van der Waals surface area contributed by atoms with Gasteiger partial charge < -0.3 is 20.5 Å². The molecule has 9 heteroatoms. The lowest BCUT2D eigenvalue weighted by Gasteiger charge is -2.14. The largest absolute Gasteiger partial charge is 0.489 e. The van der Waals surface area contributed by atoms with Gasteiger partial charge in [0.2, 0.25) is 0 Å². The molecule has 3 N–H and O–H groups in total. The molecule has 0 aliphatic rings. The third-order valence-electron chi connectivity index (χ3n) is 4.26. The summed E-state index contributed by atoms with van der Waals surface area (Å²) in [4.78, 5) is 24.9. The quantitative estimate of drug-likeness (QED) is 0.430. The Hall–Kier alpha value is -2.58. The second-order valence-electron chi connectivity index (χ2n) is 6.58. The van der Waals surface area contributed by atoms with Crippen LogP contribution in [0, 0.1) is 0 Å². The Morgan fingerprint density at radius 3 is 2.48 bits per heavy atom. The van der Waals surface area contributed by atoms with Crippen molar-refractivity contribution in [3.63, 3.8) is 0 Å². The van der Waals surface area contributed by atoms with Crippen LogP contribution in [0.1, 0.15) is 25.6 Å². The number of hydrogen-bond acceptors (Lipinski definition) is 5.